The summed E-state index contributed by atoms with van der Waals surface area (Å²) in [4.78, 5) is 19.3. The van der Waals surface area contributed by atoms with E-state index in [9.17, 15) is 4.79 Å². The molecule has 0 spiro atoms. The first-order valence-corrected chi connectivity index (χ1v) is 12.9. The molecule has 0 bridgehead atoms. The minimum absolute atomic E-state index is 0.0821. The van der Waals surface area contributed by atoms with Crippen molar-refractivity contribution in [3.05, 3.63) is 107 Å². The van der Waals surface area contributed by atoms with Crippen LogP contribution in [0.1, 0.15) is 41.1 Å². The maximum absolute atomic E-state index is 12.8. The van der Waals surface area contributed by atoms with Crippen LogP contribution in [0.4, 0.5) is 5.69 Å². The van der Waals surface area contributed by atoms with Crippen molar-refractivity contribution >= 4 is 40.5 Å². The molecule has 2 aromatic carbocycles. The average Bonchev–Trinajstić information content (AvgIpc) is 3.51. The Labute approximate surface area is 226 Å². The van der Waals surface area contributed by atoms with E-state index in [1.165, 1.54) is 0 Å². The summed E-state index contributed by atoms with van der Waals surface area (Å²) in [6.45, 7) is 4.41. The van der Waals surface area contributed by atoms with Crippen LogP contribution >= 0.6 is 23.8 Å². The van der Waals surface area contributed by atoms with Gasteiger partial charge in [-0.15, -0.1) is 0 Å². The average molecular weight is 531 g/mol. The van der Waals surface area contributed by atoms with Crippen LogP contribution in [0.2, 0.25) is 5.02 Å². The molecule has 188 valence electrons. The number of anilines is 1. The Morgan fingerprint density at radius 1 is 1.08 bits per heavy atom. The van der Waals surface area contributed by atoms with Gasteiger partial charge in [-0.05, 0) is 74.1 Å². The lowest BCUT2D eigenvalue weighted by Crippen LogP contribution is -2.32. The zero-order chi connectivity index (χ0) is 25.9. The zero-order valence-electron chi connectivity index (χ0n) is 20.6. The van der Waals surface area contributed by atoms with E-state index in [2.05, 4.69) is 15.6 Å². The standard InChI is InChI=1S/C29H27ClN4O2S/c1-18-9-11-20(12-10-18)32-26(35)15-17-34-28(27(33-29(34)37)23-8-3-4-16-31-23)25-14-13-24(36-25)21-6-5-7-22(30)19(21)2/h3-14,16,27-28H,15,17H2,1-2H3,(H,32,35)(H,33,37). The summed E-state index contributed by atoms with van der Waals surface area (Å²) in [5.74, 6) is 1.38. The number of pyridine rings is 1. The predicted molar refractivity (Wildman–Crippen MR) is 150 cm³/mol. The Balaban J connectivity index is 1.41. The SMILES string of the molecule is Cc1ccc(NC(=O)CCN2C(=S)NC(c3ccccn3)C2c2ccc(-c3cccc(Cl)c3C)o2)cc1. The van der Waals surface area contributed by atoms with E-state index >= 15 is 0 Å². The van der Waals surface area contributed by atoms with Crippen molar-refractivity contribution in [2.45, 2.75) is 32.4 Å². The van der Waals surface area contributed by atoms with Crippen LogP contribution in [0, 0.1) is 13.8 Å². The summed E-state index contributed by atoms with van der Waals surface area (Å²) in [6.07, 6.45) is 2.03. The number of rotatable bonds is 7. The molecule has 4 aromatic rings. The first-order valence-electron chi connectivity index (χ1n) is 12.1. The molecule has 0 aliphatic carbocycles. The summed E-state index contributed by atoms with van der Waals surface area (Å²) in [7, 11) is 0. The molecule has 1 aliphatic rings. The van der Waals surface area contributed by atoms with E-state index in [1.54, 1.807) is 6.20 Å². The number of halogens is 1. The molecular weight excluding hydrogens is 504 g/mol. The number of carbonyl (C=O) groups is 1. The quantitative estimate of drug-likeness (QED) is 0.262. The Hall–Kier alpha value is -3.68. The van der Waals surface area contributed by atoms with E-state index in [1.807, 2.05) is 91.5 Å². The third kappa shape index (κ3) is 5.38. The number of benzene rings is 2. The van der Waals surface area contributed by atoms with Crippen LogP contribution in [-0.2, 0) is 4.79 Å². The Bertz CT molecular complexity index is 1420. The lowest BCUT2D eigenvalue weighted by atomic mass is 10.0. The van der Waals surface area contributed by atoms with Gasteiger partial charge in [-0.25, -0.2) is 0 Å². The zero-order valence-corrected chi connectivity index (χ0v) is 22.1. The molecule has 8 heteroatoms. The maximum atomic E-state index is 12.8. The van der Waals surface area contributed by atoms with Gasteiger partial charge < -0.3 is 20.0 Å². The van der Waals surface area contributed by atoms with Crippen molar-refractivity contribution < 1.29 is 9.21 Å². The van der Waals surface area contributed by atoms with E-state index in [4.69, 9.17) is 28.2 Å². The number of amides is 1. The minimum Gasteiger partial charge on any atom is -0.459 e. The number of hydrogen-bond donors (Lipinski definition) is 2. The Morgan fingerprint density at radius 2 is 1.89 bits per heavy atom. The number of thiocarbonyl (C=S) groups is 1. The molecule has 5 rings (SSSR count). The van der Waals surface area contributed by atoms with Crippen LogP contribution in [-0.4, -0.2) is 27.4 Å². The molecule has 3 heterocycles. The second kappa shape index (κ2) is 10.7. The largest absolute Gasteiger partial charge is 0.459 e. The van der Waals surface area contributed by atoms with Crippen molar-refractivity contribution in [3.8, 4) is 11.3 Å². The molecule has 2 unspecified atom stereocenters. The molecule has 1 amide bonds. The van der Waals surface area contributed by atoms with Crippen LogP contribution in [0.25, 0.3) is 11.3 Å². The highest BCUT2D eigenvalue weighted by atomic mass is 35.5. The summed E-state index contributed by atoms with van der Waals surface area (Å²) < 4.78 is 6.41. The number of hydrogen-bond acceptors (Lipinski definition) is 4. The molecule has 2 N–H and O–H groups in total. The minimum atomic E-state index is -0.275. The highest BCUT2D eigenvalue weighted by molar-refractivity contribution is 7.80. The van der Waals surface area contributed by atoms with Crippen molar-refractivity contribution in [2.75, 3.05) is 11.9 Å². The summed E-state index contributed by atoms with van der Waals surface area (Å²) in [6, 6.07) is 22.7. The van der Waals surface area contributed by atoms with Crippen molar-refractivity contribution in [1.82, 2.24) is 15.2 Å². The number of nitrogens with zero attached hydrogens (tertiary/aromatic N) is 2. The molecule has 37 heavy (non-hydrogen) atoms. The first-order chi connectivity index (χ1) is 17.9. The van der Waals surface area contributed by atoms with Gasteiger partial charge in [0, 0.05) is 35.4 Å². The van der Waals surface area contributed by atoms with Crippen LogP contribution in [0.3, 0.4) is 0 Å². The first kappa shape index (κ1) is 25.0. The fraction of sp³-hybridized carbons (Fsp3) is 0.207. The number of aromatic nitrogens is 1. The molecule has 2 aromatic heterocycles. The third-order valence-electron chi connectivity index (χ3n) is 6.56. The molecular formula is C29H27ClN4O2S. The van der Waals surface area contributed by atoms with Gasteiger partial charge in [-0.3, -0.25) is 9.78 Å². The van der Waals surface area contributed by atoms with Gasteiger partial charge in [-0.1, -0.05) is 47.5 Å². The van der Waals surface area contributed by atoms with Crippen molar-refractivity contribution in [2.24, 2.45) is 0 Å². The lowest BCUT2D eigenvalue weighted by molar-refractivity contribution is -0.116. The number of aryl methyl sites for hydroxylation is 1. The second-order valence-corrected chi connectivity index (χ2v) is 9.89. The van der Waals surface area contributed by atoms with Gasteiger partial charge in [0.2, 0.25) is 5.91 Å². The Kier molecular flexibility index (Phi) is 7.26. The number of carbonyl (C=O) groups excluding carboxylic acids is 1. The fourth-order valence-corrected chi connectivity index (χ4v) is 5.07. The summed E-state index contributed by atoms with van der Waals surface area (Å²) in [5, 5.41) is 7.61. The lowest BCUT2D eigenvalue weighted by Gasteiger charge is -2.25. The molecule has 1 fully saturated rings. The smallest absolute Gasteiger partial charge is 0.226 e. The molecule has 0 radical (unpaired) electrons. The van der Waals surface area contributed by atoms with E-state index in [0.29, 0.717) is 16.7 Å². The van der Waals surface area contributed by atoms with Crippen LogP contribution < -0.4 is 10.6 Å². The maximum Gasteiger partial charge on any atom is 0.226 e. The predicted octanol–water partition coefficient (Wildman–Crippen LogP) is 6.61. The summed E-state index contributed by atoms with van der Waals surface area (Å²) in [5.41, 5.74) is 4.65. The molecule has 0 saturated carbocycles. The van der Waals surface area contributed by atoms with E-state index in [-0.39, 0.29) is 24.4 Å². The molecule has 6 nitrogen and oxygen atoms in total. The van der Waals surface area contributed by atoms with Crippen LogP contribution in [0.5, 0.6) is 0 Å². The normalized spacial score (nSPS) is 17.1. The van der Waals surface area contributed by atoms with Crippen molar-refractivity contribution in [3.63, 3.8) is 0 Å². The second-order valence-electron chi connectivity index (χ2n) is 9.10. The van der Waals surface area contributed by atoms with E-state index in [0.717, 1.165) is 39.6 Å². The highest BCUT2D eigenvalue weighted by Gasteiger charge is 2.41. The number of furan rings is 1. The third-order valence-corrected chi connectivity index (χ3v) is 7.33. The highest BCUT2D eigenvalue weighted by Crippen LogP contribution is 2.41. The topological polar surface area (TPSA) is 70.4 Å². The fourth-order valence-electron chi connectivity index (χ4n) is 4.57. The number of nitrogens with one attached hydrogen (secondary N) is 2. The van der Waals surface area contributed by atoms with Gasteiger partial charge in [-0.2, -0.15) is 0 Å². The van der Waals surface area contributed by atoms with E-state index < -0.39 is 0 Å². The molecule has 2 atom stereocenters. The molecule has 1 saturated heterocycles. The molecule has 1 aliphatic heterocycles. The van der Waals surface area contributed by atoms with Gasteiger partial charge in [0.15, 0.2) is 5.11 Å². The monoisotopic (exact) mass is 530 g/mol. The van der Waals surface area contributed by atoms with Gasteiger partial charge >= 0.3 is 0 Å². The Morgan fingerprint density at radius 3 is 2.65 bits per heavy atom. The summed E-state index contributed by atoms with van der Waals surface area (Å²) >= 11 is 12.1. The van der Waals surface area contributed by atoms with Gasteiger partial charge in [0.05, 0.1) is 11.7 Å². The van der Waals surface area contributed by atoms with Crippen molar-refractivity contribution in [1.29, 1.82) is 0 Å². The van der Waals surface area contributed by atoms with Gasteiger partial charge in [0.25, 0.3) is 0 Å². The van der Waals surface area contributed by atoms with Gasteiger partial charge in [0.1, 0.15) is 17.6 Å². The van der Waals surface area contributed by atoms with Crippen LogP contribution in [0.15, 0.2) is 83.4 Å².